The van der Waals surface area contributed by atoms with Gasteiger partial charge in [0.05, 0.1) is 29.0 Å². The molecule has 0 amide bonds. The minimum absolute atomic E-state index is 0.00577. The predicted molar refractivity (Wildman–Crippen MR) is 140 cm³/mol. The first-order chi connectivity index (χ1) is 16.5. The SMILES string of the molecule is CC1=C(CCC2C(C)(O)CCC3OC(C)(C)C(O)CCC32C)C2C(CC1OO)C(C)(O)CCC2(C)C. The molecule has 0 bridgehead atoms. The summed E-state index contributed by atoms with van der Waals surface area (Å²) in [5.41, 5.74) is -0.0775. The molecule has 3 aliphatic carbocycles. The maximum Gasteiger partial charge on any atom is 0.114 e. The fourth-order valence-electron chi connectivity index (χ4n) is 8.83. The van der Waals surface area contributed by atoms with Gasteiger partial charge in [0.15, 0.2) is 0 Å². The van der Waals surface area contributed by atoms with Gasteiger partial charge in [0.25, 0.3) is 0 Å². The summed E-state index contributed by atoms with van der Waals surface area (Å²) in [4.78, 5) is 4.97. The van der Waals surface area contributed by atoms with E-state index in [9.17, 15) is 20.6 Å². The molecule has 1 saturated heterocycles. The number of allylic oxidation sites excluding steroid dienone is 1. The van der Waals surface area contributed by atoms with Crippen LogP contribution in [-0.2, 0) is 9.62 Å². The molecule has 0 aromatic heterocycles. The van der Waals surface area contributed by atoms with Crippen molar-refractivity contribution in [2.75, 3.05) is 0 Å². The van der Waals surface area contributed by atoms with E-state index in [0.29, 0.717) is 19.3 Å². The Morgan fingerprint density at radius 3 is 2.22 bits per heavy atom. The number of aliphatic hydroxyl groups is 3. The van der Waals surface area contributed by atoms with E-state index >= 15 is 0 Å². The number of hydrogen-bond donors (Lipinski definition) is 4. The molecule has 9 unspecified atom stereocenters. The highest BCUT2D eigenvalue weighted by molar-refractivity contribution is 5.29. The lowest BCUT2D eigenvalue weighted by atomic mass is 9.51. The minimum atomic E-state index is -0.822. The maximum atomic E-state index is 11.7. The van der Waals surface area contributed by atoms with Gasteiger partial charge in [-0.15, -0.1) is 0 Å². The van der Waals surface area contributed by atoms with Gasteiger partial charge >= 0.3 is 0 Å². The zero-order chi connectivity index (χ0) is 26.9. The fourth-order valence-corrected chi connectivity index (χ4v) is 8.83. The Kier molecular flexibility index (Phi) is 7.37. The van der Waals surface area contributed by atoms with Gasteiger partial charge in [-0.2, -0.15) is 0 Å². The highest BCUT2D eigenvalue weighted by Gasteiger charge is 2.58. The number of fused-ring (bicyclic) bond motifs is 2. The van der Waals surface area contributed by atoms with Crippen LogP contribution < -0.4 is 0 Å². The summed E-state index contributed by atoms with van der Waals surface area (Å²) in [5.74, 6) is 0.228. The van der Waals surface area contributed by atoms with Crippen molar-refractivity contribution in [2.45, 2.75) is 148 Å². The smallest absolute Gasteiger partial charge is 0.114 e. The van der Waals surface area contributed by atoms with E-state index in [4.69, 9.17) is 9.62 Å². The Labute approximate surface area is 218 Å². The number of ether oxygens (including phenoxy) is 1. The molecule has 6 heteroatoms. The molecular formula is C30H52O6. The molecule has 4 rings (SSSR count). The lowest BCUT2D eigenvalue weighted by Crippen LogP contribution is -2.56. The molecule has 4 N–H and O–H groups in total. The largest absolute Gasteiger partial charge is 0.390 e. The molecule has 1 aliphatic heterocycles. The average molecular weight is 509 g/mol. The number of rotatable bonds is 4. The maximum absolute atomic E-state index is 11.7. The number of aliphatic hydroxyl groups excluding tert-OH is 1. The quantitative estimate of drug-likeness (QED) is 0.223. The second-order valence-electron chi connectivity index (χ2n) is 14.7. The molecule has 6 nitrogen and oxygen atoms in total. The third-order valence-electron chi connectivity index (χ3n) is 11.4. The van der Waals surface area contributed by atoms with Gasteiger partial charge in [-0.25, -0.2) is 4.89 Å². The Balaban J connectivity index is 1.68. The fraction of sp³-hybridized carbons (Fsp3) is 0.933. The first kappa shape index (κ1) is 28.5. The summed E-state index contributed by atoms with van der Waals surface area (Å²) in [6, 6.07) is 0. The van der Waals surface area contributed by atoms with Crippen molar-refractivity contribution in [1.82, 2.24) is 0 Å². The second kappa shape index (κ2) is 9.31. The topological polar surface area (TPSA) is 99.4 Å². The van der Waals surface area contributed by atoms with Crippen LogP contribution in [0.25, 0.3) is 0 Å². The lowest BCUT2D eigenvalue weighted by Gasteiger charge is -2.56. The van der Waals surface area contributed by atoms with Crippen LogP contribution in [0.1, 0.15) is 113 Å². The molecule has 208 valence electrons. The summed E-state index contributed by atoms with van der Waals surface area (Å²) in [7, 11) is 0. The Morgan fingerprint density at radius 1 is 0.917 bits per heavy atom. The van der Waals surface area contributed by atoms with E-state index in [1.54, 1.807) is 0 Å². The summed E-state index contributed by atoms with van der Waals surface area (Å²) in [5, 5.41) is 43.7. The van der Waals surface area contributed by atoms with Crippen molar-refractivity contribution in [2.24, 2.45) is 28.6 Å². The van der Waals surface area contributed by atoms with E-state index in [2.05, 4.69) is 27.7 Å². The van der Waals surface area contributed by atoms with Gasteiger partial charge in [-0.05, 0) is 127 Å². The summed E-state index contributed by atoms with van der Waals surface area (Å²) < 4.78 is 6.58. The predicted octanol–water partition coefficient (Wildman–Crippen LogP) is 5.63. The van der Waals surface area contributed by atoms with Crippen molar-refractivity contribution < 1.29 is 30.2 Å². The zero-order valence-corrected chi connectivity index (χ0v) is 23.9. The van der Waals surface area contributed by atoms with Crippen LogP contribution in [0.2, 0.25) is 0 Å². The van der Waals surface area contributed by atoms with Crippen LogP contribution in [-0.4, -0.2) is 55.7 Å². The average Bonchev–Trinajstić information content (AvgIpc) is 2.86. The molecule has 9 atom stereocenters. The van der Waals surface area contributed by atoms with E-state index < -0.39 is 29.0 Å². The molecule has 0 spiro atoms. The van der Waals surface area contributed by atoms with Gasteiger partial charge < -0.3 is 20.1 Å². The van der Waals surface area contributed by atoms with Crippen molar-refractivity contribution >= 4 is 0 Å². The van der Waals surface area contributed by atoms with E-state index in [1.807, 2.05) is 27.7 Å². The molecule has 2 saturated carbocycles. The highest BCUT2D eigenvalue weighted by Crippen LogP contribution is 2.59. The molecule has 4 aliphatic rings. The van der Waals surface area contributed by atoms with Crippen molar-refractivity contribution in [3.8, 4) is 0 Å². The van der Waals surface area contributed by atoms with Gasteiger partial charge in [0, 0.05) is 0 Å². The summed E-state index contributed by atoms with van der Waals surface area (Å²) in [6.07, 6.45) is 5.91. The molecule has 0 aromatic carbocycles. The van der Waals surface area contributed by atoms with Gasteiger partial charge in [0.1, 0.15) is 6.10 Å². The van der Waals surface area contributed by atoms with Crippen molar-refractivity contribution in [3.05, 3.63) is 11.1 Å². The molecular weight excluding hydrogens is 456 g/mol. The van der Waals surface area contributed by atoms with E-state index in [-0.39, 0.29) is 34.7 Å². The van der Waals surface area contributed by atoms with Crippen LogP contribution in [0.15, 0.2) is 11.1 Å². The Hall–Kier alpha value is -0.500. The minimum Gasteiger partial charge on any atom is -0.390 e. The van der Waals surface area contributed by atoms with E-state index in [0.717, 1.165) is 44.1 Å². The number of hydrogen-bond acceptors (Lipinski definition) is 6. The molecule has 1 heterocycles. The van der Waals surface area contributed by atoms with E-state index in [1.165, 1.54) is 5.57 Å². The van der Waals surface area contributed by atoms with Crippen LogP contribution in [0, 0.1) is 28.6 Å². The van der Waals surface area contributed by atoms with Gasteiger partial charge in [-0.3, -0.25) is 5.26 Å². The normalized spacial score (nSPS) is 48.7. The van der Waals surface area contributed by atoms with Gasteiger partial charge in [0.2, 0.25) is 0 Å². The first-order valence-electron chi connectivity index (χ1n) is 14.3. The first-order valence-corrected chi connectivity index (χ1v) is 14.3. The van der Waals surface area contributed by atoms with Crippen LogP contribution >= 0.6 is 0 Å². The lowest BCUT2D eigenvalue weighted by molar-refractivity contribution is -0.280. The third kappa shape index (κ3) is 4.73. The summed E-state index contributed by atoms with van der Waals surface area (Å²) >= 11 is 0. The van der Waals surface area contributed by atoms with Crippen LogP contribution in [0.3, 0.4) is 0 Å². The summed E-state index contributed by atoms with van der Waals surface area (Å²) in [6.45, 7) is 16.8. The Bertz CT molecular complexity index is 858. The highest BCUT2D eigenvalue weighted by atomic mass is 17.1. The second-order valence-corrected chi connectivity index (χ2v) is 14.7. The monoisotopic (exact) mass is 508 g/mol. The molecule has 0 radical (unpaired) electrons. The van der Waals surface area contributed by atoms with Crippen molar-refractivity contribution in [1.29, 1.82) is 0 Å². The van der Waals surface area contributed by atoms with Crippen molar-refractivity contribution in [3.63, 3.8) is 0 Å². The molecule has 36 heavy (non-hydrogen) atoms. The van der Waals surface area contributed by atoms with Crippen LogP contribution in [0.4, 0.5) is 0 Å². The Morgan fingerprint density at radius 2 is 1.58 bits per heavy atom. The molecule has 3 fully saturated rings. The third-order valence-corrected chi connectivity index (χ3v) is 11.4. The van der Waals surface area contributed by atoms with Gasteiger partial charge in [-0.1, -0.05) is 26.3 Å². The van der Waals surface area contributed by atoms with Crippen LogP contribution in [0.5, 0.6) is 0 Å². The molecule has 0 aromatic rings. The standard InChI is InChI=1S/C30H52O6/c1-18-19(25-20(17-21(18)36-34)29(7,32)16-15-26(25,2)3)9-10-22-28(6)13-11-23(31)27(4,5)35-24(28)12-14-30(22,8)33/h20-25,31-34H,9-17H2,1-8H3. The zero-order valence-electron chi connectivity index (χ0n) is 23.9.